The van der Waals surface area contributed by atoms with E-state index in [1.165, 1.54) is 5.69 Å². The smallest absolute Gasteiger partial charge is 0.328 e. The van der Waals surface area contributed by atoms with E-state index in [0.717, 1.165) is 50.1 Å². The van der Waals surface area contributed by atoms with E-state index in [1.807, 2.05) is 42.5 Å². The maximum absolute atomic E-state index is 10.6. The molecule has 1 fully saturated rings. The van der Waals surface area contributed by atoms with Crippen LogP contribution in [0.15, 0.2) is 60.7 Å². The third-order valence-corrected chi connectivity index (χ3v) is 4.64. The predicted octanol–water partition coefficient (Wildman–Crippen LogP) is 3.37. The second kappa shape index (κ2) is 9.24. The van der Waals surface area contributed by atoms with E-state index in [0.29, 0.717) is 0 Å². The molecule has 27 heavy (non-hydrogen) atoms. The molecule has 2 aromatic carbocycles. The van der Waals surface area contributed by atoms with Crippen LogP contribution in [0.25, 0.3) is 6.08 Å². The van der Waals surface area contributed by atoms with Crippen LogP contribution in [0.5, 0.6) is 5.75 Å². The van der Waals surface area contributed by atoms with Crippen LogP contribution in [-0.2, 0) is 4.79 Å². The van der Waals surface area contributed by atoms with Crippen molar-refractivity contribution in [3.63, 3.8) is 0 Å². The van der Waals surface area contributed by atoms with E-state index >= 15 is 0 Å². The standard InChI is InChI=1S/C22H26N2O3/c1-18(27-21-5-3-2-4-6-21)17-23-13-15-24(16-14-23)20-10-7-19(8-11-20)9-12-22(25)26/h2-12,18H,13-17H2,1H3,(H,25,26)/b12-9+. The largest absolute Gasteiger partial charge is 0.489 e. The Balaban J connectivity index is 1.46. The molecule has 1 atom stereocenters. The van der Waals surface area contributed by atoms with Gasteiger partial charge in [0.1, 0.15) is 11.9 Å². The number of ether oxygens (including phenoxy) is 1. The summed E-state index contributed by atoms with van der Waals surface area (Å²) in [4.78, 5) is 15.4. The SMILES string of the molecule is CC(CN1CCN(c2ccc(/C=C/C(=O)O)cc2)CC1)Oc1ccccc1. The number of aliphatic carboxylic acids is 1. The molecular weight excluding hydrogens is 340 g/mol. The summed E-state index contributed by atoms with van der Waals surface area (Å²) < 4.78 is 5.98. The summed E-state index contributed by atoms with van der Waals surface area (Å²) in [5.41, 5.74) is 2.07. The summed E-state index contributed by atoms with van der Waals surface area (Å²) in [5, 5.41) is 8.69. The van der Waals surface area contributed by atoms with Crippen LogP contribution in [-0.4, -0.2) is 54.8 Å². The second-order valence-electron chi connectivity index (χ2n) is 6.79. The number of carboxylic acid groups (broad SMARTS) is 1. The third kappa shape index (κ3) is 5.86. The molecule has 0 radical (unpaired) electrons. The van der Waals surface area contributed by atoms with Gasteiger partial charge in [-0.3, -0.25) is 4.90 Å². The second-order valence-corrected chi connectivity index (χ2v) is 6.79. The molecule has 5 heteroatoms. The van der Waals surface area contributed by atoms with E-state index in [9.17, 15) is 4.79 Å². The van der Waals surface area contributed by atoms with Gasteiger partial charge in [0.25, 0.3) is 0 Å². The molecule has 1 heterocycles. The van der Waals surface area contributed by atoms with Gasteiger partial charge in [-0.15, -0.1) is 0 Å². The van der Waals surface area contributed by atoms with Gasteiger partial charge in [0.2, 0.25) is 0 Å². The number of hydrogen-bond acceptors (Lipinski definition) is 4. The summed E-state index contributed by atoms with van der Waals surface area (Å²) in [6, 6.07) is 18.0. The van der Waals surface area contributed by atoms with Gasteiger partial charge in [-0.2, -0.15) is 0 Å². The first-order chi connectivity index (χ1) is 13.1. The zero-order valence-corrected chi connectivity index (χ0v) is 15.6. The summed E-state index contributed by atoms with van der Waals surface area (Å²) >= 11 is 0. The van der Waals surface area contributed by atoms with Gasteiger partial charge in [-0.25, -0.2) is 4.79 Å². The molecule has 2 aromatic rings. The number of para-hydroxylation sites is 1. The number of benzene rings is 2. The Morgan fingerprint density at radius 2 is 1.74 bits per heavy atom. The molecule has 0 saturated carbocycles. The summed E-state index contributed by atoms with van der Waals surface area (Å²) in [5.74, 6) is -0.0126. The molecule has 1 unspecified atom stereocenters. The summed E-state index contributed by atoms with van der Waals surface area (Å²) in [6.45, 7) is 6.99. The van der Waals surface area contributed by atoms with Crippen LogP contribution in [0.3, 0.4) is 0 Å². The zero-order chi connectivity index (χ0) is 19.1. The lowest BCUT2D eigenvalue weighted by atomic mass is 10.1. The highest BCUT2D eigenvalue weighted by Crippen LogP contribution is 2.19. The number of piperazine rings is 1. The first kappa shape index (κ1) is 19.0. The molecule has 142 valence electrons. The molecule has 5 nitrogen and oxygen atoms in total. The summed E-state index contributed by atoms with van der Waals surface area (Å²) in [6.07, 6.45) is 2.92. The Morgan fingerprint density at radius 1 is 1.07 bits per heavy atom. The Hall–Kier alpha value is -2.79. The molecule has 3 rings (SSSR count). The molecule has 1 N–H and O–H groups in total. The third-order valence-electron chi connectivity index (χ3n) is 4.64. The average molecular weight is 366 g/mol. The number of carbonyl (C=O) groups is 1. The van der Waals surface area contributed by atoms with E-state index in [-0.39, 0.29) is 6.10 Å². The highest BCUT2D eigenvalue weighted by molar-refractivity contribution is 5.85. The number of anilines is 1. The zero-order valence-electron chi connectivity index (χ0n) is 15.6. The lowest BCUT2D eigenvalue weighted by Crippen LogP contribution is -2.48. The predicted molar refractivity (Wildman–Crippen MR) is 108 cm³/mol. The Kier molecular flexibility index (Phi) is 6.49. The van der Waals surface area contributed by atoms with Crippen molar-refractivity contribution in [2.45, 2.75) is 13.0 Å². The lowest BCUT2D eigenvalue weighted by molar-refractivity contribution is -0.131. The topological polar surface area (TPSA) is 53.0 Å². The normalized spacial score (nSPS) is 16.4. The molecule has 1 aliphatic rings. The van der Waals surface area contributed by atoms with Gasteiger partial charge in [0.05, 0.1) is 0 Å². The number of hydrogen-bond donors (Lipinski definition) is 1. The van der Waals surface area contributed by atoms with Gasteiger partial charge in [0.15, 0.2) is 0 Å². The van der Waals surface area contributed by atoms with Gasteiger partial charge in [-0.1, -0.05) is 30.3 Å². The molecule has 0 spiro atoms. The van der Waals surface area contributed by atoms with E-state index in [2.05, 4.69) is 28.9 Å². The van der Waals surface area contributed by atoms with E-state index in [1.54, 1.807) is 6.08 Å². The molecule has 0 bridgehead atoms. The molecule has 1 saturated heterocycles. The highest BCUT2D eigenvalue weighted by atomic mass is 16.5. The monoisotopic (exact) mass is 366 g/mol. The maximum Gasteiger partial charge on any atom is 0.328 e. The molecule has 0 aromatic heterocycles. The van der Waals surface area contributed by atoms with Gasteiger partial charge >= 0.3 is 5.97 Å². The molecule has 0 aliphatic carbocycles. The van der Waals surface area contributed by atoms with Gasteiger partial charge < -0.3 is 14.7 Å². The van der Waals surface area contributed by atoms with E-state index in [4.69, 9.17) is 9.84 Å². The fraction of sp³-hybridized carbons (Fsp3) is 0.318. The minimum absolute atomic E-state index is 0.152. The molecule has 0 amide bonds. The maximum atomic E-state index is 10.6. The van der Waals surface area contributed by atoms with Crippen LogP contribution >= 0.6 is 0 Å². The fourth-order valence-electron chi connectivity index (χ4n) is 3.28. The van der Waals surface area contributed by atoms with Crippen LogP contribution in [0.2, 0.25) is 0 Å². The van der Waals surface area contributed by atoms with Crippen molar-refractivity contribution in [3.05, 3.63) is 66.2 Å². The van der Waals surface area contributed by atoms with Crippen molar-refractivity contribution in [2.24, 2.45) is 0 Å². The van der Waals surface area contributed by atoms with Crippen molar-refractivity contribution in [3.8, 4) is 5.75 Å². The Bertz CT molecular complexity index is 751. The van der Waals surface area contributed by atoms with Crippen molar-refractivity contribution in [1.29, 1.82) is 0 Å². The number of rotatable bonds is 7. The van der Waals surface area contributed by atoms with Crippen LogP contribution in [0.1, 0.15) is 12.5 Å². The van der Waals surface area contributed by atoms with Gasteiger partial charge in [-0.05, 0) is 42.8 Å². The highest BCUT2D eigenvalue weighted by Gasteiger charge is 2.19. The minimum atomic E-state index is -0.930. The van der Waals surface area contributed by atoms with Crippen molar-refractivity contribution in [2.75, 3.05) is 37.6 Å². The van der Waals surface area contributed by atoms with E-state index < -0.39 is 5.97 Å². The number of carboxylic acids is 1. The van der Waals surface area contributed by atoms with Crippen LogP contribution < -0.4 is 9.64 Å². The van der Waals surface area contributed by atoms with Gasteiger partial charge in [0, 0.05) is 44.5 Å². The fourth-order valence-corrected chi connectivity index (χ4v) is 3.28. The Labute approximate surface area is 160 Å². The molecular formula is C22H26N2O3. The van der Waals surface area contributed by atoms with Crippen molar-refractivity contribution < 1.29 is 14.6 Å². The average Bonchev–Trinajstić information content (AvgIpc) is 2.68. The number of nitrogens with zero attached hydrogens (tertiary/aromatic N) is 2. The minimum Gasteiger partial charge on any atom is -0.489 e. The van der Waals surface area contributed by atoms with Crippen molar-refractivity contribution in [1.82, 2.24) is 4.90 Å². The first-order valence-corrected chi connectivity index (χ1v) is 9.30. The lowest BCUT2D eigenvalue weighted by Gasteiger charge is -2.37. The quantitative estimate of drug-likeness (QED) is 0.762. The first-order valence-electron chi connectivity index (χ1n) is 9.30. The van der Waals surface area contributed by atoms with Crippen molar-refractivity contribution >= 4 is 17.7 Å². The molecule has 1 aliphatic heterocycles. The van der Waals surface area contributed by atoms with Crippen LogP contribution in [0, 0.1) is 0 Å². The summed E-state index contributed by atoms with van der Waals surface area (Å²) in [7, 11) is 0. The Morgan fingerprint density at radius 3 is 2.37 bits per heavy atom. The van der Waals surface area contributed by atoms with Crippen LogP contribution in [0.4, 0.5) is 5.69 Å².